The van der Waals surface area contributed by atoms with Gasteiger partial charge in [-0.2, -0.15) is 0 Å². The van der Waals surface area contributed by atoms with E-state index in [0.717, 1.165) is 42.6 Å². The molecule has 0 N–H and O–H groups in total. The fourth-order valence-corrected chi connectivity index (χ4v) is 7.20. The van der Waals surface area contributed by atoms with E-state index in [1.165, 1.54) is 42.4 Å². The summed E-state index contributed by atoms with van der Waals surface area (Å²) in [5.41, 5.74) is 5.87. The van der Waals surface area contributed by atoms with Crippen molar-refractivity contribution in [3.05, 3.63) is 22.3 Å². The van der Waals surface area contributed by atoms with Crippen molar-refractivity contribution in [2.24, 2.45) is 28.6 Å². The average Bonchev–Trinajstić information content (AvgIpc) is 2.81. The molecule has 0 unspecified atom stereocenters. The number of carbonyl (C=O) groups excluding carboxylic acids is 1. The minimum Gasteiger partial charge on any atom is -0.295 e. The first-order valence-electron chi connectivity index (χ1n) is 9.73. The maximum absolute atomic E-state index is 12.2. The topological polar surface area (TPSA) is 17.1 Å². The number of hydrogen-bond acceptors (Lipinski definition) is 1. The quantitative estimate of drug-likeness (QED) is 0.541. The van der Waals surface area contributed by atoms with Crippen LogP contribution in [-0.4, -0.2) is 5.78 Å². The van der Waals surface area contributed by atoms with E-state index in [9.17, 15) is 4.79 Å². The summed E-state index contributed by atoms with van der Waals surface area (Å²) in [6.07, 6.45) is 13.8. The highest BCUT2D eigenvalue weighted by molar-refractivity contribution is 5.96. The van der Waals surface area contributed by atoms with Crippen molar-refractivity contribution in [1.82, 2.24) is 0 Å². The summed E-state index contributed by atoms with van der Waals surface area (Å²) in [5.74, 6) is 5.69. The number of allylic oxidation sites excluding steroid dienone is 4. The third-order valence-electron chi connectivity index (χ3n) is 8.47. The van der Waals surface area contributed by atoms with Crippen LogP contribution in [0.1, 0.15) is 72.6 Å². The Hall–Kier alpha value is -1.29. The van der Waals surface area contributed by atoms with Gasteiger partial charge in [-0.05, 0) is 81.1 Å². The summed E-state index contributed by atoms with van der Waals surface area (Å²) in [5, 5.41) is 0. The largest absolute Gasteiger partial charge is 0.295 e. The monoisotopic (exact) mass is 322 g/mol. The zero-order valence-electron chi connectivity index (χ0n) is 15.7. The first-order chi connectivity index (χ1) is 11.3. The third kappa shape index (κ3) is 1.86. The van der Waals surface area contributed by atoms with Crippen LogP contribution in [0.4, 0.5) is 0 Å². The van der Waals surface area contributed by atoms with E-state index in [-0.39, 0.29) is 10.8 Å². The Kier molecular flexibility index (Phi) is 3.44. The number of carbonyl (C=O) groups is 1. The summed E-state index contributed by atoms with van der Waals surface area (Å²) in [6.45, 7) is 9.24. The molecule has 2 fully saturated rings. The highest BCUT2D eigenvalue weighted by Gasteiger charge is 2.58. The summed E-state index contributed by atoms with van der Waals surface area (Å²) >= 11 is 0. The van der Waals surface area contributed by atoms with Crippen molar-refractivity contribution in [1.29, 1.82) is 0 Å². The molecule has 0 bridgehead atoms. The van der Waals surface area contributed by atoms with Gasteiger partial charge in [-0.25, -0.2) is 0 Å². The van der Waals surface area contributed by atoms with Crippen molar-refractivity contribution in [3.63, 3.8) is 0 Å². The maximum Gasteiger partial charge on any atom is 0.158 e. The van der Waals surface area contributed by atoms with Crippen LogP contribution in [0.15, 0.2) is 22.3 Å². The van der Waals surface area contributed by atoms with E-state index in [0.29, 0.717) is 5.78 Å². The van der Waals surface area contributed by atoms with Gasteiger partial charge in [0.2, 0.25) is 0 Å². The lowest BCUT2D eigenvalue weighted by molar-refractivity contribution is -0.118. The summed E-state index contributed by atoms with van der Waals surface area (Å²) in [4.78, 5) is 12.2. The van der Waals surface area contributed by atoms with Gasteiger partial charge in [0.1, 0.15) is 0 Å². The van der Waals surface area contributed by atoms with Crippen LogP contribution in [0, 0.1) is 40.9 Å². The summed E-state index contributed by atoms with van der Waals surface area (Å²) in [6, 6.07) is 0. The van der Waals surface area contributed by atoms with Crippen LogP contribution in [0.5, 0.6) is 0 Å². The predicted molar refractivity (Wildman–Crippen MR) is 98.2 cm³/mol. The molecule has 0 heterocycles. The van der Waals surface area contributed by atoms with Crippen LogP contribution >= 0.6 is 0 Å². The minimum absolute atomic E-state index is 0.233. The van der Waals surface area contributed by atoms with E-state index in [1.807, 2.05) is 0 Å². The zero-order chi connectivity index (χ0) is 17.3. The lowest BCUT2D eigenvalue weighted by Crippen LogP contribution is -2.50. The number of Topliss-reactive ketones (excluding diaryl/α,β-unsaturated/α-hetero) is 1. The van der Waals surface area contributed by atoms with Crippen LogP contribution in [0.2, 0.25) is 0 Å². The molecule has 0 aromatic rings. The van der Waals surface area contributed by atoms with Crippen LogP contribution in [0.25, 0.3) is 0 Å². The van der Waals surface area contributed by atoms with Crippen molar-refractivity contribution >= 4 is 5.78 Å². The second kappa shape index (κ2) is 5.10. The average molecular weight is 322 g/mol. The highest BCUT2D eigenvalue weighted by Crippen LogP contribution is 2.66. The van der Waals surface area contributed by atoms with E-state index >= 15 is 0 Å². The number of ketones is 1. The molecule has 0 radical (unpaired) electrons. The standard InChI is InChI=1S/C23H30O/c1-6-17-14(2)13-20-16-7-8-18-15(3)21(24)10-12-23(18,5)19(16)9-11-22(17,20)4/h1,16,19-20H,7-13H2,2-5H3/t16-,19+,20+,22-,23+/m1/s1. The Bertz CT molecular complexity index is 715. The van der Waals surface area contributed by atoms with Crippen molar-refractivity contribution in [2.45, 2.75) is 72.6 Å². The molecule has 5 atom stereocenters. The molecule has 2 saturated carbocycles. The molecule has 0 saturated heterocycles. The second-order valence-corrected chi connectivity index (χ2v) is 9.32. The fourth-order valence-electron chi connectivity index (χ4n) is 7.20. The SMILES string of the molecule is C#CC1=C(C)C[C@H]2[C@@H]3CCC4=C(C)C(=O)CC[C@]4(C)[C@H]3CC[C@]12C. The fraction of sp³-hybridized carbons (Fsp3) is 0.696. The molecular formula is C23H30O. The minimum atomic E-state index is 0.233. The van der Waals surface area contributed by atoms with Gasteiger partial charge in [-0.3, -0.25) is 4.79 Å². The molecule has 0 spiro atoms. The molecule has 128 valence electrons. The first-order valence-corrected chi connectivity index (χ1v) is 9.73. The van der Waals surface area contributed by atoms with Gasteiger partial charge in [0.15, 0.2) is 5.78 Å². The normalized spacial score (nSPS) is 44.8. The lowest BCUT2D eigenvalue weighted by Gasteiger charge is -2.58. The van der Waals surface area contributed by atoms with E-state index < -0.39 is 0 Å². The predicted octanol–water partition coefficient (Wildman–Crippen LogP) is 5.47. The number of terminal acetylenes is 1. The summed E-state index contributed by atoms with van der Waals surface area (Å²) < 4.78 is 0. The van der Waals surface area contributed by atoms with Gasteiger partial charge in [-0.15, -0.1) is 6.42 Å². The Morgan fingerprint density at radius 1 is 1.04 bits per heavy atom. The van der Waals surface area contributed by atoms with Gasteiger partial charge in [0.25, 0.3) is 0 Å². The van der Waals surface area contributed by atoms with Gasteiger partial charge < -0.3 is 0 Å². The molecule has 0 aromatic heterocycles. The van der Waals surface area contributed by atoms with Crippen LogP contribution in [-0.2, 0) is 4.79 Å². The van der Waals surface area contributed by atoms with Crippen molar-refractivity contribution in [2.75, 3.05) is 0 Å². The van der Waals surface area contributed by atoms with Gasteiger partial charge in [0.05, 0.1) is 0 Å². The lowest BCUT2D eigenvalue weighted by atomic mass is 9.46. The van der Waals surface area contributed by atoms with Gasteiger partial charge in [-0.1, -0.05) is 30.9 Å². The molecule has 24 heavy (non-hydrogen) atoms. The smallest absolute Gasteiger partial charge is 0.158 e. The Morgan fingerprint density at radius 3 is 2.50 bits per heavy atom. The molecule has 4 aliphatic rings. The Balaban J connectivity index is 1.73. The molecule has 4 rings (SSSR count). The number of fused-ring (bicyclic) bond motifs is 5. The molecule has 0 amide bonds. The number of rotatable bonds is 0. The van der Waals surface area contributed by atoms with Crippen LogP contribution in [0.3, 0.4) is 0 Å². The van der Waals surface area contributed by atoms with E-state index in [4.69, 9.17) is 6.42 Å². The molecular weight excluding hydrogens is 292 g/mol. The van der Waals surface area contributed by atoms with Crippen molar-refractivity contribution < 1.29 is 4.79 Å². The molecule has 0 aliphatic heterocycles. The second-order valence-electron chi connectivity index (χ2n) is 9.32. The van der Waals surface area contributed by atoms with Gasteiger partial charge >= 0.3 is 0 Å². The third-order valence-corrected chi connectivity index (χ3v) is 8.47. The van der Waals surface area contributed by atoms with Gasteiger partial charge in [0, 0.05) is 17.4 Å². The highest BCUT2D eigenvalue weighted by atomic mass is 16.1. The molecule has 4 aliphatic carbocycles. The van der Waals surface area contributed by atoms with Crippen LogP contribution < -0.4 is 0 Å². The number of hydrogen-bond donors (Lipinski definition) is 0. The van der Waals surface area contributed by atoms with E-state index in [2.05, 4.69) is 33.6 Å². The first kappa shape index (κ1) is 16.2. The Labute approximate surface area is 147 Å². The van der Waals surface area contributed by atoms with E-state index in [1.54, 1.807) is 0 Å². The van der Waals surface area contributed by atoms with Crippen molar-refractivity contribution in [3.8, 4) is 12.3 Å². The molecule has 1 nitrogen and oxygen atoms in total. The maximum atomic E-state index is 12.2. The molecule has 0 aromatic carbocycles. The molecule has 1 heteroatoms. The summed E-state index contributed by atoms with van der Waals surface area (Å²) in [7, 11) is 0. The Morgan fingerprint density at radius 2 is 1.79 bits per heavy atom. The zero-order valence-corrected chi connectivity index (χ0v) is 15.7.